The van der Waals surface area contributed by atoms with Gasteiger partial charge in [-0.25, -0.2) is 4.98 Å². The van der Waals surface area contributed by atoms with Gasteiger partial charge in [0.15, 0.2) is 0 Å². The summed E-state index contributed by atoms with van der Waals surface area (Å²) in [5.41, 5.74) is 0. The van der Waals surface area contributed by atoms with Crippen molar-refractivity contribution in [1.29, 1.82) is 0 Å². The van der Waals surface area contributed by atoms with Crippen LogP contribution in [0.1, 0.15) is 25.6 Å². The highest BCUT2D eigenvalue weighted by Gasteiger charge is 1.94. The number of hydrogen-bond acceptors (Lipinski definition) is 2. The SMILES string of the molecule is CC(C)c1ncccncc[nH]1. The molecular weight excluding hydrogens is 150 g/mol. The molecule has 1 aromatic rings. The fraction of sp³-hybridized carbons (Fsp3) is 0.333. The van der Waals surface area contributed by atoms with Crippen LogP contribution in [0, 0.1) is 0 Å². The van der Waals surface area contributed by atoms with E-state index in [1.165, 1.54) is 0 Å². The van der Waals surface area contributed by atoms with Gasteiger partial charge in [-0.1, -0.05) is 13.8 Å². The minimum Gasteiger partial charge on any atom is -0.348 e. The van der Waals surface area contributed by atoms with Crippen molar-refractivity contribution >= 4 is 0 Å². The molecule has 3 heteroatoms. The summed E-state index contributed by atoms with van der Waals surface area (Å²) in [5.74, 6) is 1.35. The van der Waals surface area contributed by atoms with E-state index in [4.69, 9.17) is 0 Å². The van der Waals surface area contributed by atoms with Crippen LogP contribution in [0.3, 0.4) is 0 Å². The molecule has 1 N–H and O–H groups in total. The maximum atomic E-state index is 4.23. The minimum absolute atomic E-state index is 0.400. The Bertz CT molecular complexity index is 253. The van der Waals surface area contributed by atoms with E-state index < -0.39 is 0 Å². The summed E-state index contributed by atoms with van der Waals surface area (Å²) in [5, 5.41) is 0. The lowest BCUT2D eigenvalue weighted by Gasteiger charge is -1.98. The molecule has 0 bridgehead atoms. The zero-order valence-electron chi connectivity index (χ0n) is 7.36. The summed E-state index contributed by atoms with van der Waals surface area (Å²) < 4.78 is 0. The number of hydrogen-bond donors (Lipinski definition) is 1. The molecule has 0 spiro atoms. The summed E-state index contributed by atoms with van der Waals surface area (Å²) in [6.07, 6.45) is 6.92. The zero-order valence-corrected chi connectivity index (χ0v) is 7.36. The van der Waals surface area contributed by atoms with Crippen LogP contribution < -0.4 is 0 Å². The lowest BCUT2D eigenvalue weighted by molar-refractivity contribution is 0.779. The molecule has 12 heavy (non-hydrogen) atoms. The summed E-state index contributed by atoms with van der Waals surface area (Å²) in [6, 6.07) is 1.81. The maximum absolute atomic E-state index is 4.23. The second-order valence-electron chi connectivity index (χ2n) is 2.77. The third kappa shape index (κ3) is 2.70. The molecule has 1 rings (SSSR count). The van der Waals surface area contributed by atoms with Crippen LogP contribution in [0.25, 0.3) is 0 Å². The minimum atomic E-state index is 0.400. The van der Waals surface area contributed by atoms with Crippen LogP contribution in [0.5, 0.6) is 0 Å². The first-order chi connectivity index (χ1) is 5.80. The van der Waals surface area contributed by atoms with Crippen LogP contribution in [0.2, 0.25) is 0 Å². The third-order valence-electron chi connectivity index (χ3n) is 1.41. The first-order valence-electron chi connectivity index (χ1n) is 3.98. The van der Waals surface area contributed by atoms with E-state index >= 15 is 0 Å². The van der Waals surface area contributed by atoms with E-state index in [-0.39, 0.29) is 0 Å². The molecule has 0 aliphatic rings. The van der Waals surface area contributed by atoms with Crippen molar-refractivity contribution in [3.8, 4) is 0 Å². The highest BCUT2D eigenvalue weighted by atomic mass is 14.8. The van der Waals surface area contributed by atoms with E-state index in [0.29, 0.717) is 5.92 Å². The monoisotopic (exact) mass is 163 g/mol. The number of aromatic amines is 1. The van der Waals surface area contributed by atoms with Gasteiger partial charge in [0.25, 0.3) is 0 Å². The smallest absolute Gasteiger partial charge is 0.108 e. The van der Waals surface area contributed by atoms with E-state index in [9.17, 15) is 0 Å². The van der Waals surface area contributed by atoms with E-state index in [2.05, 4.69) is 28.8 Å². The lowest BCUT2D eigenvalue weighted by atomic mass is 10.2. The van der Waals surface area contributed by atoms with Crippen molar-refractivity contribution in [2.45, 2.75) is 19.8 Å². The summed E-state index contributed by atoms with van der Waals surface area (Å²) in [6.45, 7) is 4.18. The van der Waals surface area contributed by atoms with Crippen molar-refractivity contribution < 1.29 is 0 Å². The third-order valence-corrected chi connectivity index (χ3v) is 1.41. The van der Waals surface area contributed by atoms with Crippen LogP contribution >= 0.6 is 0 Å². The van der Waals surface area contributed by atoms with Crippen molar-refractivity contribution in [3.05, 3.63) is 36.7 Å². The van der Waals surface area contributed by atoms with Gasteiger partial charge in [0.2, 0.25) is 0 Å². The van der Waals surface area contributed by atoms with Gasteiger partial charge in [0.1, 0.15) is 5.82 Å². The van der Waals surface area contributed by atoms with Gasteiger partial charge in [-0.2, -0.15) is 0 Å². The topological polar surface area (TPSA) is 41.6 Å². The molecule has 0 atom stereocenters. The molecule has 0 radical (unpaired) electrons. The first kappa shape index (κ1) is 8.71. The highest BCUT2D eigenvalue weighted by molar-refractivity contribution is 4.90. The van der Waals surface area contributed by atoms with Crippen LogP contribution in [-0.4, -0.2) is 15.0 Å². The standard InChI is InChI=1S/C9H13N3/c1-8(2)9-11-5-3-4-10-6-7-12-9/h3-8H,1-2H3,(H,11,12). The predicted molar refractivity (Wildman–Crippen MR) is 48.1 cm³/mol. The number of rotatable bonds is 1. The molecule has 3 nitrogen and oxygen atoms in total. The van der Waals surface area contributed by atoms with E-state index in [1.807, 2.05) is 0 Å². The van der Waals surface area contributed by atoms with Crippen LogP contribution in [0.15, 0.2) is 30.9 Å². The molecule has 64 valence electrons. The average molecular weight is 163 g/mol. The number of aromatic nitrogens is 3. The summed E-state index contributed by atoms with van der Waals surface area (Å²) in [4.78, 5) is 11.2. The zero-order chi connectivity index (χ0) is 8.81. The van der Waals surface area contributed by atoms with Crippen molar-refractivity contribution in [1.82, 2.24) is 15.0 Å². The van der Waals surface area contributed by atoms with Crippen molar-refractivity contribution in [2.75, 3.05) is 0 Å². The number of H-pyrrole nitrogens is 1. The van der Waals surface area contributed by atoms with Crippen LogP contribution in [0.4, 0.5) is 0 Å². The largest absolute Gasteiger partial charge is 0.348 e. The van der Waals surface area contributed by atoms with Gasteiger partial charge in [-0.3, -0.25) is 4.98 Å². The molecule has 0 aliphatic carbocycles. The Hall–Kier alpha value is -1.38. The molecule has 1 heterocycles. The quantitative estimate of drug-likeness (QED) is 0.688. The molecule has 0 amide bonds. The fourth-order valence-electron chi connectivity index (χ4n) is 0.780. The van der Waals surface area contributed by atoms with E-state index in [0.717, 1.165) is 5.82 Å². The van der Waals surface area contributed by atoms with Gasteiger partial charge in [0, 0.05) is 30.7 Å². The Labute approximate surface area is 72.2 Å². The second-order valence-corrected chi connectivity index (χ2v) is 2.77. The summed E-state index contributed by atoms with van der Waals surface area (Å²) >= 11 is 0. The molecule has 0 fully saturated rings. The van der Waals surface area contributed by atoms with Crippen molar-refractivity contribution in [2.24, 2.45) is 0 Å². The fourth-order valence-corrected chi connectivity index (χ4v) is 0.780. The molecule has 0 saturated carbocycles. The normalized spacial score (nSPS) is 9.58. The van der Waals surface area contributed by atoms with Gasteiger partial charge < -0.3 is 4.98 Å². The Morgan fingerprint density at radius 1 is 1.25 bits per heavy atom. The van der Waals surface area contributed by atoms with Gasteiger partial charge >= 0.3 is 0 Å². The molecule has 0 aromatic carbocycles. The maximum Gasteiger partial charge on any atom is 0.108 e. The first-order valence-corrected chi connectivity index (χ1v) is 3.98. The molecule has 0 saturated heterocycles. The second kappa shape index (κ2) is 4.49. The van der Waals surface area contributed by atoms with Crippen molar-refractivity contribution in [3.63, 3.8) is 0 Å². The predicted octanol–water partition coefficient (Wildman–Crippen LogP) is 2.05. The van der Waals surface area contributed by atoms with Gasteiger partial charge in [0.05, 0.1) is 0 Å². The van der Waals surface area contributed by atoms with Crippen LogP contribution in [-0.2, 0) is 0 Å². The summed E-state index contributed by atoms with van der Waals surface area (Å²) in [7, 11) is 0. The number of nitrogens with one attached hydrogen (secondary N) is 1. The molecular formula is C9H13N3. The Morgan fingerprint density at radius 2 is 2.08 bits per heavy atom. The molecule has 0 aliphatic heterocycles. The van der Waals surface area contributed by atoms with Gasteiger partial charge in [-0.15, -0.1) is 0 Å². The molecule has 0 unspecified atom stereocenters. The average Bonchev–Trinajstić information content (AvgIpc) is 2.15. The van der Waals surface area contributed by atoms with E-state index in [1.54, 1.807) is 30.9 Å². The van der Waals surface area contributed by atoms with Gasteiger partial charge in [-0.05, 0) is 6.07 Å². The lowest BCUT2D eigenvalue weighted by Crippen LogP contribution is -1.91. The Balaban J connectivity index is 3.10. The Kier molecular flexibility index (Phi) is 3.26. The number of nitrogens with zero attached hydrogens (tertiary/aromatic N) is 2. The highest BCUT2D eigenvalue weighted by Crippen LogP contribution is 2.03. The molecule has 1 aromatic heterocycles. The Morgan fingerprint density at radius 3 is 2.83 bits per heavy atom.